The van der Waals surface area contributed by atoms with E-state index in [1.807, 2.05) is 42.6 Å². The van der Waals surface area contributed by atoms with Crippen LogP contribution in [0.1, 0.15) is 16.7 Å². The molecule has 1 amide bonds. The molecule has 4 rings (SSSR count). The number of benzene rings is 2. The molecule has 0 aliphatic carbocycles. The van der Waals surface area contributed by atoms with Crippen molar-refractivity contribution in [3.05, 3.63) is 75.4 Å². The predicted octanol–water partition coefficient (Wildman–Crippen LogP) is 3.93. The number of carbonyl (C=O) groups is 1. The van der Waals surface area contributed by atoms with E-state index in [4.69, 9.17) is 23.2 Å². The van der Waals surface area contributed by atoms with E-state index >= 15 is 0 Å². The molecular weight excluding hydrogens is 331 g/mol. The van der Waals surface area contributed by atoms with Gasteiger partial charge in [-0.15, -0.1) is 0 Å². The van der Waals surface area contributed by atoms with Gasteiger partial charge >= 0.3 is 0 Å². The minimum atomic E-state index is -0.269. The summed E-state index contributed by atoms with van der Waals surface area (Å²) in [6.07, 6.45) is 1.89. The fourth-order valence-corrected chi connectivity index (χ4v) is 3.45. The molecule has 2 heterocycles. The first-order valence-electron chi connectivity index (χ1n) is 7.26. The number of nitrogens with one attached hydrogen (secondary N) is 1. The van der Waals surface area contributed by atoms with Crippen molar-refractivity contribution in [3.8, 4) is 0 Å². The van der Waals surface area contributed by atoms with Crippen LogP contribution in [-0.2, 0) is 4.79 Å². The van der Waals surface area contributed by atoms with Gasteiger partial charge in [0, 0.05) is 33.9 Å². The lowest BCUT2D eigenvalue weighted by Crippen LogP contribution is -2.18. The number of halogens is 2. The van der Waals surface area contributed by atoms with Crippen molar-refractivity contribution in [2.45, 2.75) is 0 Å². The van der Waals surface area contributed by atoms with Crippen LogP contribution in [0.25, 0.3) is 5.57 Å². The fraction of sp³-hybridized carbons (Fsp3) is 0.111. The van der Waals surface area contributed by atoms with Crippen LogP contribution in [0.5, 0.6) is 0 Å². The van der Waals surface area contributed by atoms with Crippen molar-refractivity contribution in [1.29, 1.82) is 0 Å². The first kappa shape index (κ1) is 14.5. The number of aliphatic imine (C=N–C) groups is 1. The van der Waals surface area contributed by atoms with Gasteiger partial charge in [0.15, 0.2) is 0 Å². The van der Waals surface area contributed by atoms with E-state index in [1.165, 1.54) is 0 Å². The zero-order chi connectivity index (χ0) is 16.0. The lowest BCUT2D eigenvalue weighted by molar-refractivity contribution is -0.119. The van der Waals surface area contributed by atoms with Gasteiger partial charge in [-0.25, -0.2) is 4.99 Å². The number of rotatable bonds is 1. The lowest BCUT2D eigenvalue weighted by atomic mass is 9.90. The highest BCUT2D eigenvalue weighted by Crippen LogP contribution is 2.36. The van der Waals surface area contributed by atoms with Crippen molar-refractivity contribution in [3.63, 3.8) is 0 Å². The van der Waals surface area contributed by atoms with Gasteiger partial charge < -0.3 is 5.32 Å². The van der Waals surface area contributed by atoms with E-state index < -0.39 is 0 Å². The van der Waals surface area contributed by atoms with Crippen LogP contribution in [0.4, 0.5) is 0 Å². The maximum Gasteiger partial charge on any atom is 0.255 e. The highest BCUT2D eigenvalue weighted by atomic mass is 35.5. The third kappa shape index (κ3) is 2.37. The van der Waals surface area contributed by atoms with E-state index in [1.54, 1.807) is 6.07 Å². The summed E-state index contributed by atoms with van der Waals surface area (Å²) >= 11 is 12.5. The Hall–Kier alpha value is -2.10. The van der Waals surface area contributed by atoms with Gasteiger partial charge in [-0.05, 0) is 29.3 Å². The van der Waals surface area contributed by atoms with Crippen LogP contribution in [0.15, 0.2) is 53.7 Å². The van der Waals surface area contributed by atoms with Crippen LogP contribution in [0, 0.1) is 5.92 Å². The van der Waals surface area contributed by atoms with E-state index in [2.05, 4.69) is 10.3 Å². The zero-order valence-corrected chi connectivity index (χ0v) is 13.5. The van der Waals surface area contributed by atoms with Crippen LogP contribution in [0.3, 0.4) is 0 Å². The molecule has 0 saturated heterocycles. The maximum absolute atomic E-state index is 12.6. The summed E-state index contributed by atoms with van der Waals surface area (Å²) in [7, 11) is 0. The Labute approximate surface area is 143 Å². The maximum atomic E-state index is 12.6. The smallest absolute Gasteiger partial charge is 0.255 e. The fourth-order valence-electron chi connectivity index (χ4n) is 3.05. The zero-order valence-electron chi connectivity index (χ0n) is 12.0. The average molecular weight is 343 g/mol. The number of fused-ring (bicyclic) bond motifs is 3. The van der Waals surface area contributed by atoms with Gasteiger partial charge in [0.2, 0.25) is 0 Å². The standard InChI is InChI=1S/C18H12Cl2N2O/c19-10-5-6-11-13(7-10)17(12-3-1-2-4-16(12)20)22-18(23)15-9-21-8-14(11)15/h1-8,15,21H,9H2. The normalized spacial score (nSPS) is 19.2. The minimum absolute atomic E-state index is 0.163. The van der Waals surface area contributed by atoms with Gasteiger partial charge in [0.05, 0.1) is 11.6 Å². The van der Waals surface area contributed by atoms with E-state index in [9.17, 15) is 4.79 Å². The molecule has 23 heavy (non-hydrogen) atoms. The molecule has 0 bridgehead atoms. The molecule has 0 saturated carbocycles. The SMILES string of the molecule is O=C1N=C(c2ccccc2Cl)c2cc(Cl)ccc2C2=CNCC12. The summed E-state index contributed by atoms with van der Waals surface area (Å²) < 4.78 is 0. The van der Waals surface area contributed by atoms with Crippen LogP contribution >= 0.6 is 23.2 Å². The quantitative estimate of drug-likeness (QED) is 0.852. The Morgan fingerprint density at radius 3 is 2.70 bits per heavy atom. The Morgan fingerprint density at radius 2 is 1.87 bits per heavy atom. The van der Waals surface area contributed by atoms with E-state index in [-0.39, 0.29) is 11.8 Å². The van der Waals surface area contributed by atoms with Gasteiger partial charge in [-0.3, -0.25) is 4.79 Å². The number of nitrogens with zero attached hydrogens (tertiary/aromatic N) is 1. The van der Waals surface area contributed by atoms with E-state index in [0.29, 0.717) is 22.3 Å². The van der Waals surface area contributed by atoms with Crippen LogP contribution < -0.4 is 5.32 Å². The Morgan fingerprint density at radius 1 is 1.04 bits per heavy atom. The largest absolute Gasteiger partial charge is 0.389 e. The first-order valence-corrected chi connectivity index (χ1v) is 8.02. The van der Waals surface area contributed by atoms with Crippen LogP contribution in [0.2, 0.25) is 10.0 Å². The molecule has 2 aromatic carbocycles. The second kappa shape index (κ2) is 5.52. The lowest BCUT2D eigenvalue weighted by Gasteiger charge is -2.12. The molecule has 0 radical (unpaired) electrons. The second-order valence-electron chi connectivity index (χ2n) is 5.53. The molecule has 2 aromatic rings. The monoisotopic (exact) mass is 342 g/mol. The van der Waals surface area contributed by atoms with Crippen LogP contribution in [-0.4, -0.2) is 18.2 Å². The number of hydrogen-bond acceptors (Lipinski definition) is 2. The van der Waals surface area contributed by atoms with Crippen molar-refractivity contribution in [2.75, 3.05) is 6.54 Å². The Kier molecular flexibility index (Phi) is 3.47. The molecule has 1 unspecified atom stereocenters. The topological polar surface area (TPSA) is 41.5 Å². The first-order chi connectivity index (χ1) is 11.1. The summed E-state index contributed by atoms with van der Waals surface area (Å²) in [4.78, 5) is 17.0. The predicted molar refractivity (Wildman–Crippen MR) is 93.0 cm³/mol. The van der Waals surface area contributed by atoms with Gasteiger partial charge in [-0.1, -0.05) is 47.5 Å². The summed E-state index contributed by atoms with van der Waals surface area (Å²) in [5.41, 5.74) is 4.06. The minimum Gasteiger partial charge on any atom is -0.389 e. The Bertz CT molecular complexity index is 886. The third-order valence-electron chi connectivity index (χ3n) is 4.15. The van der Waals surface area contributed by atoms with Gasteiger partial charge in [0.25, 0.3) is 5.91 Å². The van der Waals surface area contributed by atoms with Crippen molar-refractivity contribution in [2.24, 2.45) is 10.9 Å². The second-order valence-corrected chi connectivity index (χ2v) is 6.37. The molecule has 5 heteroatoms. The number of hydrogen-bond donors (Lipinski definition) is 1. The molecule has 0 spiro atoms. The molecule has 0 fully saturated rings. The highest BCUT2D eigenvalue weighted by Gasteiger charge is 2.33. The van der Waals surface area contributed by atoms with Crippen molar-refractivity contribution < 1.29 is 4.79 Å². The van der Waals surface area contributed by atoms with Gasteiger partial charge in [-0.2, -0.15) is 0 Å². The Balaban J connectivity index is 2.02. The number of amides is 1. The molecule has 1 atom stereocenters. The summed E-state index contributed by atoms with van der Waals surface area (Å²) in [5.74, 6) is -0.432. The molecular formula is C18H12Cl2N2O. The molecule has 0 aromatic heterocycles. The van der Waals surface area contributed by atoms with E-state index in [0.717, 1.165) is 22.3 Å². The molecule has 114 valence electrons. The van der Waals surface area contributed by atoms with Crippen molar-refractivity contribution in [1.82, 2.24) is 5.32 Å². The summed E-state index contributed by atoms with van der Waals surface area (Å²) in [6.45, 7) is 0.565. The summed E-state index contributed by atoms with van der Waals surface area (Å²) in [5, 5.41) is 4.29. The number of carbonyl (C=O) groups excluding carboxylic acids is 1. The average Bonchev–Trinajstić information content (AvgIpc) is 2.99. The van der Waals surface area contributed by atoms with Gasteiger partial charge in [0.1, 0.15) is 0 Å². The summed E-state index contributed by atoms with van der Waals surface area (Å²) in [6, 6.07) is 13.0. The van der Waals surface area contributed by atoms with Crippen molar-refractivity contribution >= 4 is 40.4 Å². The third-order valence-corrected chi connectivity index (χ3v) is 4.72. The molecule has 2 aliphatic rings. The molecule has 1 N–H and O–H groups in total. The highest BCUT2D eigenvalue weighted by molar-refractivity contribution is 6.37. The molecule has 2 aliphatic heterocycles. The molecule has 3 nitrogen and oxygen atoms in total.